The molecule has 0 saturated carbocycles. The highest BCUT2D eigenvalue weighted by molar-refractivity contribution is 14.0. The Labute approximate surface area is 160 Å². The van der Waals surface area contributed by atoms with Gasteiger partial charge in [-0.15, -0.1) is 30.6 Å². The Hall–Kier alpha value is -1.77. The highest BCUT2D eigenvalue weighted by Gasteiger charge is 2.24. The van der Waals surface area contributed by atoms with Crippen LogP contribution in [0.1, 0.15) is 13.3 Å². The Kier molecular flexibility index (Phi) is 9.21. The molecule has 0 spiro atoms. The van der Waals surface area contributed by atoms with Crippen LogP contribution >= 0.6 is 24.0 Å². The summed E-state index contributed by atoms with van der Waals surface area (Å²) in [6.07, 6.45) is 2.57. The number of nitrogens with one attached hydrogen (secondary N) is 2. The van der Waals surface area contributed by atoms with Crippen LogP contribution in [0.2, 0.25) is 0 Å². The molecule has 0 aromatic heterocycles. The first-order valence-corrected chi connectivity index (χ1v) is 7.91. The van der Waals surface area contributed by atoms with Crippen molar-refractivity contribution < 1.29 is 9.53 Å². The normalized spacial score (nSPS) is 13.5. The second kappa shape index (κ2) is 10.9. The van der Waals surface area contributed by atoms with Gasteiger partial charge in [-0.05, 0) is 25.5 Å². The molecule has 24 heavy (non-hydrogen) atoms. The van der Waals surface area contributed by atoms with Gasteiger partial charge < -0.3 is 20.3 Å². The first kappa shape index (κ1) is 20.3. The van der Waals surface area contributed by atoms with Crippen LogP contribution in [0.15, 0.2) is 41.9 Å². The molecule has 0 radical (unpaired) electrons. The Morgan fingerprint density at radius 3 is 2.96 bits per heavy atom. The first-order valence-electron chi connectivity index (χ1n) is 7.91. The number of hydrogen-bond acceptors (Lipinski definition) is 3. The number of hydrogen-bond donors (Lipinski definition) is 2. The summed E-state index contributed by atoms with van der Waals surface area (Å²) in [6, 6.07) is 7.61. The SMILES string of the molecule is C=CCNC(=NCCCN1C(=O)COc2ccccc21)NCC.I. The van der Waals surface area contributed by atoms with Crippen LogP contribution in [0, 0.1) is 0 Å². The Balaban J connectivity index is 0.00000288. The van der Waals surface area contributed by atoms with Crippen molar-refractivity contribution in [1.82, 2.24) is 10.6 Å². The van der Waals surface area contributed by atoms with Crippen molar-refractivity contribution in [3.8, 4) is 5.75 Å². The molecule has 2 rings (SSSR count). The highest BCUT2D eigenvalue weighted by Crippen LogP contribution is 2.31. The lowest BCUT2D eigenvalue weighted by molar-refractivity contribution is -0.121. The lowest BCUT2D eigenvalue weighted by Crippen LogP contribution is -2.40. The van der Waals surface area contributed by atoms with E-state index in [4.69, 9.17) is 4.74 Å². The third-order valence-corrected chi connectivity index (χ3v) is 3.38. The van der Waals surface area contributed by atoms with Crippen molar-refractivity contribution in [1.29, 1.82) is 0 Å². The molecule has 0 aliphatic carbocycles. The maximum atomic E-state index is 12.1. The lowest BCUT2D eigenvalue weighted by Gasteiger charge is -2.29. The molecular weight excluding hydrogens is 419 g/mol. The number of guanidine groups is 1. The summed E-state index contributed by atoms with van der Waals surface area (Å²) in [5.41, 5.74) is 0.837. The van der Waals surface area contributed by atoms with Crippen LogP contribution in [0.4, 0.5) is 5.69 Å². The zero-order chi connectivity index (χ0) is 16.5. The monoisotopic (exact) mass is 444 g/mol. The molecule has 2 N–H and O–H groups in total. The molecule has 1 aromatic carbocycles. The van der Waals surface area contributed by atoms with Gasteiger partial charge in [-0.3, -0.25) is 9.79 Å². The Bertz CT molecular complexity index is 577. The molecular formula is C17H25IN4O2. The predicted molar refractivity (Wildman–Crippen MR) is 109 cm³/mol. The van der Waals surface area contributed by atoms with Crippen molar-refractivity contribution in [2.24, 2.45) is 4.99 Å². The standard InChI is InChI=1S/C17H24N4O2.HI/c1-3-10-19-17(18-4-2)20-11-7-12-21-14-8-5-6-9-15(14)23-13-16(21)22;/h3,5-6,8-9H,1,4,7,10-13H2,2H3,(H2,18,19,20);1H. The Morgan fingerprint density at radius 2 is 2.21 bits per heavy atom. The largest absolute Gasteiger partial charge is 0.482 e. The van der Waals surface area contributed by atoms with Gasteiger partial charge in [0, 0.05) is 26.2 Å². The van der Waals surface area contributed by atoms with E-state index in [1.165, 1.54) is 0 Å². The maximum Gasteiger partial charge on any atom is 0.265 e. The molecule has 1 heterocycles. The average molecular weight is 444 g/mol. The third kappa shape index (κ3) is 5.70. The second-order valence-corrected chi connectivity index (χ2v) is 5.09. The van der Waals surface area contributed by atoms with E-state index >= 15 is 0 Å². The third-order valence-electron chi connectivity index (χ3n) is 3.38. The number of fused-ring (bicyclic) bond motifs is 1. The van der Waals surface area contributed by atoms with E-state index < -0.39 is 0 Å². The fraction of sp³-hybridized carbons (Fsp3) is 0.412. The molecule has 132 valence electrons. The molecule has 1 aliphatic rings. The zero-order valence-corrected chi connectivity index (χ0v) is 16.3. The molecule has 1 aromatic rings. The molecule has 7 heteroatoms. The predicted octanol–water partition coefficient (Wildman–Crippen LogP) is 2.16. The average Bonchev–Trinajstić information content (AvgIpc) is 2.58. The number of nitrogens with zero attached hydrogens (tertiary/aromatic N) is 2. The number of halogens is 1. The molecule has 0 unspecified atom stereocenters. The topological polar surface area (TPSA) is 66.0 Å². The molecule has 6 nitrogen and oxygen atoms in total. The van der Waals surface area contributed by atoms with Gasteiger partial charge in [0.1, 0.15) is 5.75 Å². The number of aliphatic imine (C=N–C) groups is 1. The minimum Gasteiger partial charge on any atom is -0.482 e. The van der Waals surface area contributed by atoms with Crippen molar-refractivity contribution >= 4 is 41.5 Å². The molecule has 0 saturated heterocycles. The van der Waals surface area contributed by atoms with Crippen LogP contribution in [0.25, 0.3) is 0 Å². The number of ether oxygens (including phenoxy) is 1. The van der Waals surface area contributed by atoms with Gasteiger partial charge >= 0.3 is 0 Å². The summed E-state index contributed by atoms with van der Waals surface area (Å²) in [4.78, 5) is 18.3. The van der Waals surface area contributed by atoms with Gasteiger partial charge in [0.05, 0.1) is 5.69 Å². The minimum absolute atomic E-state index is 0. The number of anilines is 1. The van der Waals surface area contributed by atoms with Crippen LogP contribution in [0.5, 0.6) is 5.75 Å². The number of amides is 1. The van der Waals surface area contributed by atoms with Crippen molar-refractivity contribution in [2.75, 3.05) is 37.7 Å². The number of rotatable bonds is 7. The number of carbonyl (C=O) groups is 1. The Morgan fingerprint density at radius 1 is 1.42 bits per heavy atom. The van der Waals surface area contributed by atoms with Crippen molar-refractivity contribution in [2.45, 2.75) is 13.3 Å². The smallest absolute Gasteiger partial charge is 0.265 e. The van der Waals surface area contributed by atoms with Gasteiger partial charge in [-0.1, -0.05) is 18.2 Å². The number of carbonyl (C=O) groups excluding carboxylic acids is 1. The van der Waals surface area contributed by atoms with Crippen molar-refractivity contribution in [3.63, 3.8) is 0 Å². The minimum atomic E-state index is -0.00984. The van der Waals surface area contributed by atoms with Gasteiger partial charge in [-0.25, -0.2) is 0 Å². The van der Waals surface area contributed by atoms with Crippen LogP contribution in [-0.2, 0) is 4.79 Å². The van der Waals surface area contributed by atoms with Crippen molar-refractivity contribution in [3.05, 3.63) is 36.9 Å². The summed E-state index contributed by atoms with van der Waals surface area (Å²) >= 11 is 0. The molecule has 0 atom stereocenters. The fourth-order valence-electron chi connectivity index (χ4n) is 2.33. The van der Waals surface area contributed by atoms with E-state index in [2.05, 4.69) is 22.2 Å². The van der Waals surface area contributed by atoms with E-state index in [1.54, 1.807) is 11.0 Å². The fourth-order valence-corrected chi connectivity index (χ4v) is 2.33. The van der Waals surface area contributed by atoms with E-state index in [0.29, 0.717) is 19.6 Å². The second-order valence-electron chi connectivity index (χ2n) is 5.09. The summed E-state index contributed by atoms with van der Waals surface area (Å²) in [5, 5.41) is 6.32. The number of benzene rings is 1. The first-order chi connectivity index (χ1) is 11.3. The lowest BCUT2D eigenvalue weighted by atomic mass is 10.2. The van der Waals surface area contributed by atoms with Gasteiger partial charge in [0.2, 0.25) is 0 Å². The molecule has 1 amide bonds. The molecule has 1 aliphatic heterocycles. The van der Waals surface area contributed by atoms with Crippen LogP contribution in [-0.4, -0.2) is 44.7 Å². The van der Waals surface area contributed by atoms with Crippen LogP contribution in [0.3, 0.4) is 0 Å². The van der Waals surface area contributed by atoms with E-state index in [0.717, 1.165) is 30.4 Å². The van der Waals surface area contributed by atoms with Gasteiger partial charge in [-0.2, -0.15) is 0 Å². The highest BCUT2D eigenvalue weighted by atomic mass is 127. The quantitative estimate of drug-likeness (QED) is 0.223. The summed E-state index contributed by atoms with van der Waals surface area (Å²) in [5.74, 6) is 1.52. The van der Waals surface area contributed by atoms with E-state index in [1.807, 2.05) is 31.2 Å². The molecule has 0 bridgehead atoms. The van der Waals surface area contributed by atoms with E-state index in [-0.39, 0.29) is 36.5 Å². The van der Waals surface area contributed by atoms with E-state index in [9.17, 15) is 4.79 Å². The number of para-hydroxylation sites is 2. The maximum absolute atomic E-state index is 12.1. The summed E-state index contributed by atoms with van der Waals surface area (Å²) < 4.78 is 5.44. The van der Waals surface area contributed by atoms with Crippen LogP contribution < -0.4 is 20.3 Å². The zero-order valence-electron chi connectivity index (χ0n) is 14.0. The van der Waals surface area contributed by atoms with Gasteiger partial charge in [0.15, 0.2) is 12.6 Å². The summed E-state index contributed by atoms with van der Waals surface area (Å²) in [7, 11) is 0. The summed E-state index contributed by atoms with van der Waals surface area (Å²) in [6.45, 7) is 8.54. The molecule has 0 fully saturated rings. The van der Waals surface area contributed by atoms with Gasteiger partial charge in [0.25, 0.3) is 5.91 Å².